The summed E-state index contributed by atoms with van der Waals surface area (Å²) in [5.41, 5.74) is 6.63. The Bertz CT molecular complexity index is 682. The van der Waals surface area contributed by atoms with Crippen molar-refractivity contribution >= 4 is 30.3 Å². The number of rotatable bonds is 5. The van der Waals surface area contributed by atoms with Crippen molar-refractivity contribution in [1.29, 1.82) is 0 Å². The third kappa shape index (κ3) is 4.55. The van der Waals surface area contributed by atoms with Crippen molar-refractivity contribution < 1.29 is 9.53 Å². The van der Waals surface area contributed by atoms with Crippen LogP contribution in [0.2, 0.25) is 5.02 Å². The van der Waals surface area contributed by atoms with Gasteiger partial charge in [0.05, 0.1) is 6.10 Å². The maximum Gasteiger partial charge on any atom is 0.148 e. The summed E-state index contributed by atoms with van der Waals surface area (Å²) in [5, 5.41) is 0.614. The number of hydrogen-bond acceptors (Lipinski definition) is 3. The Kier molecular flexibility index (Phi) is 6.88. The van der Waals surface area contributed by atoms with Gasteiger partial charge in [-0.1, -0.05) is 42.3 Å². The molecule has 1 saturated carbocycles. The number of benzene rings is 2. The standard InChI is InChI=1S/C20H22ClNO2.ClH/c21-17-10-6-15(7-11-17)20(22,14-23)16-8-12-19(13-9-16)24-18-4-2-1-3-5-18;/h6-14,18H,1-5,22H2;1H. The largest absolute Gasteiger partial charge is 0.490 e. The van der Waals surface area contributed by atoms with Crippen LogP contribution in [0.5, 0.6) is 5.75 Å². The molecule has 1 aliphatic rings. The van der Waals surface area contributed by atoms with Crippen LogP contribution in [-0.2, 0) is 10.3 Å². The molecule has 2 aromatic carbocycles. The normalized spacial score (nSPS) is 17.2. The summed E-state index contributed by atoms with van der Waals surface area (Å²) in [6.07, 6.45) is 7.06. The molecule has 0 aliphatic heterocycles. The van der Waals surface area contributed by atoms with Gasteiger partial charge in [0.15, 0.2) is 0 Å². The first kappa shape index (κ1) is 19.8. The highest BCUT2D eigenvalue weighted by Gasteiger charge is 2.29. The van der Waals surface area contributed by atoms with Crippen molar-refractivity contribution in [2.24, 2.45) is 5.73 Å². The third-order valence-corrected chi connectivity index (χ3v) is 4.95. The topological polar surface area (TPSA) is 52.3 Å². The Morgan fingerprint density at radius 1 is 0.960 bits per heavy atom. The number of nitrogens with two attached hydrogens (primary N) is 1. The second-order valence-corrected chi connectivity index (χ2v) is 6.83. The Hall–Kier alpha value is -1.55. The van der Waals surface area contributed by atoms with E-state index in [1.165, 1.54) is 19.3 Å². The quantitative estimate of drug-likeness (QED) is 0.753. The predicted molar refractivity (Wildman–Crippen MR) is 104 cm³/mol. The summed E-state index contributed by atoms with van der Waals surface area (Å²) in [6.45, 7) is 0. The number of halogens is 2. The zero-order valence-corrected chi connectivity index (χ0v) is 15.6. The molecular weight excluding hydrogens is 357 g/mol. The molecule has 25 heavy (non-hydrogen) atoms. The van der Waals surface area contributed by atoms with Crippen LogP contribution in [0, 0.1) is 0 Å². The van der Waals surface area contributed by atoms with Crippen molar-refractivity contribution in [3.8, 4) is 5.75 Å². The van der Waals surface area contributed by atoms with Crippen molar-refractivity contribution in [3.63, 3.8) is 0 Å². The summed E-state index contributed by atoms with van der Waals surface area (Å²) in [6, 6.07) is 14.6. The van der Waals surface area contributed by atoms with Crippen molar-refractivity contribution in [1.82, 2.24) is 0 Å². The highest BCUT2D eigenvalue weighted by atomic mass is 35.5. The van der Waals surface area contributed by atoms with Crippen LogP contribution in [0.25, 0.3) is 0 Å². The highest BCUT2D eigenvalue weighted by Crippen LogP contribution is 2.29. The van der Waals surface area contributed by atoms with E-state index in [4.69, 9.17) is 22.1 Å². The molecule has 1 unspecified atom stereocenters. The van der Waals surface area contributed by atoms with Gasteiger partial charge in [0.25, 0.3) is 0 Å². The lowest BCUT2D eigenvalue weighted by molar-refractivity contribution is -0.111. The number of aldehydes is 1. The molecular formula is C20H23Cl2NO2. The number of carbonyl (C=O) groups excluding carboxylic acids is 1. The van der Waals surface area contributed by atoms with Gasteiger partial charge in [-0.2, -0.15) is 0 Å². The lowest BCUT2D eigenvalue weighted by atomic mass is 9.85. The summed E-state index contributed by atoms with van der Waals surface area (Å²) in [4.78, 5) is 11.7. The molecule has 2 aromatic rings. The number of carbonyl (C=O) groups is 1. The van der Waals surface area contributed by atoms with Gasteiger partial charge in [-0.25, -0.2) is 0 Å². The average molecular weight is 380 g/mol. The molecule has 134 valence electrons. The van der Waals surface area contributed by atoms with Crippen molar-refractivity contribution in [2.75, 3.05) is 0 Å². The van der Waals surface area contributed by atoms with Gasteiger partial charge in [-0.15, -0.1) is 12.4 Å². The van der Waals surface area contributed by atoms with Gasteiger partial charge >= 0.3 is 0 Å². The van der Waals surface area contributed by atoms with Gasteiger partial charge in [-0.3, -0.25) is 0 Å². The van der Waals surface area contributed by atoms with Crippen LogP contribution in [0.1, 0.15) is 43.2 Å². The van der Waals surface area contributed by atoms with Crippen LogP contribution in [0.4, 0.5) is 0 Å². The molecule has 0 saturated heterocycles. The van der Waals surface area contributed by atoms with Crippen LogP contribution < -0.4 is 10.5 Å². The van der Waals surface area contributed by atoms with E-state index < -0.39 is 5.54 Å². The second kappa shape index (κ2) is 8.70. The first-order chi connectivity index (χ1) is 11.6. The zero-order chi connectivity index (χ0) is 17.0. The molecule has 0 amide bonds. The lowest BCUT2D eigenvalue weighted by Gasteiger charge is -2.26. The minimum atomic E-state index is -1.19. The second-order valence-electron chi connectivity index (χ2n) is 6.40. The van der Waals surface area contributed by atoms with Gasteiger partial charge in [-0.05, 0) is 61.1 Å². The van der Waals surface area contributed by atoms with Crippen molar-refractivity contribution in [2.45, 2.75) is 43.7 Å². The van der Waals surface area contributed by atoms with Crippen LogP contribution in [0.15, 0.2) is 48.5 Å². The highest BCUT2D eigenvalue weighted by molar-refractivity contribution is 6.30. The Morgan fingerprint density at radius 3 is 2.00 bits per heavy atom. The van der Waals surface area contributed by atoms with Crippen LogP contribution >= 0.6 is 24.0 Å². The molecule has 2 N–H and O–H groups in total. The van der Waals surface area contributed by atoms with Gasteiger partial charge in [0.2, 0.25) is 0 Å². The minimum absolute atomic E-state index is 0. The summed E-state index contributed by atoms with van der Waals surface area (Å²) < 4.78 is 6.03. The smallest absolute Gasteiger partial charge is 0.148 e. The Balaban J connectivity index is 0.00000225. The van der Waals surface area contributed by atoms with E-state index in [0.29, 0.717) is 16.7 Å². The first-order valence-corrected chi connectivity index (χ1v) is 8.78. The molecule has 0 heterocycles. The van der Waals surface area contributed by atoms with E-state index in [1.807, 2.05) is 24.3 Å². The molecule has 1 aliphatic carbocycles. The van der Waals surface area contributed by atoms with E-state index in [2.05, 4.69) is 0 Å². The number of ether oxygens (including phenoxy) is 1. The molecule has 3 rings (SSSR count). The van der Waals surface area contributed by atoms with Crippen LogP contribution in [-0.4, -0.2) is 12.4 Å². The van der Waals surface area contributed by atoms with E-state index in [9.17, 15) is 4.79 Å². The molecule has 5 heteroatoms. The SMILES string of the molecule is Cl.NC(C=O)(c1ccc(Cl)cc1)c1ccc(OC2CCCCC2)cc1. The number of hydrogen-bond donors (Lipinski definition) is 1. The van der Waals surface area contributed by atoms with Crippen molar-refractivity contribution in [3.05, 3.63) is 64.7 Å². The summed E-state index contributed by atoms with van der Waals surface area (Å²) in [5.74, 6) is 0.829. The summed E-state index contributed by atoms with van der Waals surface area (Å²) >= 11 is 5.92. The molecule has 0 aromatic heterocycles. The average Bonchev–Trinajstić information content (AvgIpc) is 2.63. The molecule has 0 bridgehead atoms. The van der Waals surface area contributed by atoms with E-state index >= 15 is 0 Å². The molecule has 0 spiro atoms. The summed E-state index contributed by atoms with van der Waals surface area (Å²) in [7, 11) is 0. The van der Waals surface area contributed by atoms with Gasteiger partial charge in [0.1, 0.15) is 17.6 Å². The lowest BCUT2D eigenvalue weighted by Crippen LogP contribution is -2.39. The Labute approximate surface area is 159 Å². The van der Waals surface area contributed by atoms with E-state index in [1.54, 1.807) is 24.3 Å². The van der Waals surface area contributed by atoms with Crippen LogP contribution in [0.3, 0.4) is 0 Å². The fraction of sp³-hybridized carbons (Fsp3) is 0.350. The maximum atomic E-state index is 11.7. The fourth-order valence-electron chi connectivity index (χ4n) is 3.21. The maximum absolute atomic E-state index is 11.7. The zero-order valence-electron chi connectivity index (χ0n) is 14.0. The molecule has 1 atom stereocenters. The van der Waals surface area contributed by atoms with Gasteiger partial charge < -0.3 is 15.3 Å². The molecule has 0 radical (unpaired) electrons. The fourth-order valence-corrected chi connectivity index (χ4v) is 3.34. The third-order valence-electron chi connectivity index (χ3n) is 4.69. The molecule has 1 fully saturated rings. The van der Waals surface area contributed by atoms with Gasteiger partial charge in [0, 0.05) is 5.02 Å². The predicted octanol–water partition coefficient (Wildman–Crippen LogP) is 4.87. The molecule has 3 nitrogen and oxygen atoms in total. The van der Waals surface area contributed by atoms with E-state index in [-0.39, 0.29) is 12.4 Å². The first-order valence-electron chi connectivity index (χ1n) is 8.40. The Morgan fingerprint density at radius 2 is 1.48 bits per heavy atom. The monoisotopic (exact) mass is 379 g/mol. The minimum Gasteiger partial charge on any atom is -0.490 e. The van der Waals surface area contributed by atoms with E-state index in [0.717, 1.165) is 30.4 Å².